The summed E-state index contributed by atoms with van der Waals surface area (Å²) >= 11 is 0. The van der Waals surface area contributed by atoms with Gasteiger partial charge in [-0.15, -0.1) is 0 Å². The molecule has 0 N–H and O–H groups in total. The Bertz CT molecular complexity index is 887. The molecule has 126 valence electrons. The summed E-state index contributed by atoms with van der Waals surface area (Å²) in [6, 6.07) is 19.9. The van der Waals surface area contributed by atoms with Crippen molar-refractivity contribution in [2.75, 3.05) is 13.1 Å². The fourth-order valence-corrected chi connectivity index (χ4v) is 3.29. The minimum absolute atomic E-state index is 0.304. The molecular weight excluding hydrogens is 312 g/mol. The van der Waals surface area contributed by atoms with Crippen LogP contribution in [0.15, 0.2) is 60.7 Å². The van der Waals surface area contributed by atoms with Crippen molar-refractivity contribution in [1.29, 1.82) is 0 Å². The minimum Gasteiger partial charge on any atom is -0.391 e. The Morgan fingerprint density at radius 2 is 1.64 bits per heavy atom. The van der Waals surface area contributed by atoms with E-state index in [0.29, 0.717) is 5.88 Å². The Balaban J connectivity index is 1.71. The van der Waals surface area contributed by atoms with Crippen LogP contribution in [-0.4, -0.2) is 29.1 Å². The molecule has 1 aliphatic rings. The lowest BCUT2D eigenvalue weighted by Crippen LogP contribution is -2.37. The second-order valence-electron chi connectivity index (χ2n) is 6.31. The van der Waals surface area contributed by atoms with Crippen LogP contribution in [0.1, 0.15) is 19.3 Å². The van der Waals surface area contributed by atoms with Gasteiger partial charge in [-0.1, -0.05) is 48.5 Å². The molecule has 1 aromatic heterocycles. The Kier molecular flexibility index (Phi) is 4.34. The minimum atomic E-state index is -0.304. The largest absolute Gasteiger partial charge is 0.416 e. The second kappa shape index (κ2) is 6.93. The molecule has 0 atom stereocenters. The van der Waals surface area contributed by atoms with Crippen molar-refractivity contribution in [3.63, 3.8) is 0 Å². The van der Waals surface area contributed by atoms with Crippen LogP contribution in [-0.2, 0) is 0 Å². The van der Waals surface area contributed by atoms with Crippen LogP contribution in [0.25, 0.3) is 22.0 Å². The molecule has 0 bridgehead atoms. The number of hydrogen-bond donors (Lipinski definition) is 0. The second-order valence-corrected chi connectivity index (χ2v) is 6.31. The highest BCUT2D eigenvalue weighted by atomic mass is 16.6. The molecule has 25 heavy (non-hydrogen) atoms. The number of piperidine rings is 1. The van der Waals surface area contributed by atoms with Gasteiger partial charge in [-0.2, -0.15) is 0 Å². The lowest BCUT2D eigenvalue weighted by molar-refractivity contribution is 0.141. The number of carbonyl (C=O) groups excluding carboxylic acids is 1. The van der Waals surface area contributed by atoms with Gasteiger partial charge in [-0.05, 0) is 36.5 Å². The summed E-state index contributed by atoms with van der Waals surface area (Å²) < 4.78 is 5.60. The smallest absolute Gasteiger partial charge is 0.391 e. The highest BCUT2D eigenvalue weighted by Gasteiger charge is 2.19. The van der Waals surface area contributed by atoms with Crippen LogP contribution in [0, 0.1) is 0 Å². The number of rotatable bonds is 2. The number of pyridine rings is 1. The van der Waals surface area contributed by atoms with Crippen LogP contribution < -0.4 is 4.74 Å². The highest BCUT2D eigenvalue weighted by Crippen LogP contribution is 2.31. The summed E-state index contributed by atoms with van der Waals surface area (Å²) in [4.78, 5) is 18.7. The standard InChI is InChI=1S/C21H20N2O2/c24-21(23-13-7-2-8-14-23)25-20-15-18(16-9-3-1-4-10-16)17-11-5-6-12-19(17)22-20/h1,3-6,9-12,15H,2,7-8,13-14H2. The molecule has 2 aromatic carbocycles. The number of para-hydroxylation sites is 1. The molecule has 4 heteroatoms. The number of ether oxygens (including phenoxy) is 1. The average molecular weight is 332 g/mol. The summed E-state index contributed by atoms with van der Waals surface area (Å²) in [7, 11) is 0. The number of aromatic nitrogens is 1. The molecule has 4 nitrogen and oxygen atoms in total. The molecule has 1 amide bonds. The van der Waals surface area contributed by atoms with Crippen molar-refractivity contribution >= 4 is 17.0 Å². The molecule has 0 radical (unpaired) electrons. The molecule has 1 saturated heterocycles. The Hall–Kier alpha value is -2.88. The van der Waals surface area contributed by atoms with Crippen molar-refractivity contribution in [3.05, 3.63) is 60.7 Å². The van der Waals surface area contributed by atoms with Crippen LogP contribution in [0.2, 0.25) is 0 Å². The zero-order chi connectivity index (χ0) is 17.1. The number of carbonyl (C=O) groups is 1. The van der Waals surface area contributed by atoms with Gasteiger partial charge in [0.25, 0.3) is 0 Å². The molecule has 1 fully saturated rings. The molecule has 0 saturated carbocycles. The van der Waals surface area contributed by atoms with Crippen molar-refractivity contribution in [1.82, 2.24) is 9.88 Å². The SMILES string of the molecule is O=C(Oc1cc(-c2ccccc2)c2ccccc2n1)N1CCCCC1. The maximum absolute atomic E-state index is 12.4. The quantitative estimate of drug-likeness (QED) is 0.671. The Morgan fingerprint density at radius 1 is 0.920 bits per heavy atom. The fourth-order valence-electron chi connectivity index (χ4n) is 3.29. The van der Waals surface area contributed by atoms with E-state index in [9.17, 15) is 4.79 Å². The summed E-state index contributed by atoms with van der Waals surface area (Å²) in [6.07, 6.45) is 2.95. The van der Waals surface area contributed by atoms with Crippen molar-refractivity contribution in [3.8, 4) is 17.0 Å². The zero-order valence-corrected chi connectivity index (χ0v) is 14.0. The van der Waals surface area contributed by atoms with E-state index in [1.54, 1.807) is 4.90 Å². The Morgan fingerprint density at radius 3 is 2.44 bits per heavy atom. The normalized spacial score (nSPS) is 14.5. The van der Waals surface area contributed by atoms with Crippen LogP contribution in [0.5, 0.6) is 5.88 Å². The average Bonchev–Trinajstić information content (AvgIpc) is 2.68. The molecule has 0 spiro atoms. The Labute approximate surface area is 147 Å². The summed E-state index contributed by atoms with van der Waals surface area (Å²) in [5.74, 6) is 0.355. The van der Waals surface area contributed by atoms with E-state index in [2.05, 4.69) is 17.1 Å². The molecule has 1 aliphatic heterocycles. The van der Waals surface area contributed by atoms with Gasteiger partial charge >= 0.3 is 6.09 Å². The van der Waals surface area contributed by atoms with E-state index in [1.807, 2.05) is 48.5 Å². The van der Waals surface area contributed by atoms with Gasteiger partial charge < -0.3 is 9.64 Å². The monoisotopic (exact) mass is 332 g/mol. The van der Waals surface area contributed by atoms with Gasteiger partial charge in [0, 0.05) is 24.5 Å². The maximum Gasteiger partial charge on any atom is 0.416 e. The molecular formula is C21H20N2O2. The molecule has 2 heterocycles. The topological polar surface area (TPSA) is 42.4 Å². The zero-order valence-electron chi connectivity index (χ0n) is 14.0. The first kappa shape index (κ1) is 15.6. The maximum atomic E-state index is 12.4. The van der Waals surface area contributed by atoms with Crippen LogP contribution >= 0.6 is 0 Å². The number of likely N-dealkylation sites (tertiary alicyclic amines) is 1. The summed E-state index contributed by atoms with van der Waals surface area (Å²) in [5, 5.41) is 1.05. The predicted octanol–water partition coefficient (Wildman–Crippen LogP) is 4.89. The number of fused-ring (bicyclic) bond motifs is 1. The lowest BCUT2D eigenvalue weighted by Gasteiger charge is -2.25. The van der Waals surface area contributed by atoms with Gasteiger partial charge in [0.05, 0.1) is 5.52 Å². The molecule has 0 unspecified atom stereocenters. The van der Waals surface area contributed by atoms with Crippen molar-refractivity contribution in [2.45, 2.75) is 19.3 Å². The van der Waals surface area contributed by atoms with E-state index >= 15 is 0 Å². The fraction of sp³-hybridized carbons (Fsp3) is 0.238. The van der Waals surface area contributed by atoms with E-state index in [-0.39, 0.29) is 6.09 Å². The van der Waals surface area contributed by atoms with Crippen LogP contribution in [0.4, 0.5) is 4.79 Å². The summed E-state index contributed by atoms with van der Waals surface area (Å²) in [5.41, 5.74) is 2.93. The first-order valence-electron chi connectivity index (χ1n) is 8.73. The van der Waals surface area contributed by atoms with Gasteiger partial charge in [0.1, 0.15) is 0 Å². The molecule has 4 rings (SSSR count). The first-order valence-corrected chi connectivity index (χ1v) is 8.73. The third-order valence-electron chi connectivity index (χ3n) is 4.58. The van der Waals surface area contributed by atoms with E-state index < -0.39 is 0 Å². The van der Waals surface area contributed by atoms with Gasteiger partial charge in [-0.3, -0.25) is 0 Å². The van der Waals surface area contributed by atoms with Gasteiger partial charge in [-0.25, -0.2) is 9.78 Å². The predicted molar refractivity (Wildman–Crippen MR) is 98.6 cm³/mol. The number of hydrogen-bond acceptors (Lipinski definition) is 3. The van der Waals surface area contributed by atoms with Gasteiger partial charge in [0.15, 0.2) is 0 Å². The van der Waals surface area contributed by atoms with Crippen LogP contribution in [0.3, 0.4) is 0 Å². The number of benzene rings is 2. The first-order chi connectivity index (χ1) is 12.3. The van der Waals surface area contributed by atoms with E-state index in [1.165, 1.54) is 6.42 Å². The van der Waals surface area contributed by atoms with E-state index in [0.717, 1.165) is 48.0 Å². The highest BCUT2D eigenvalue weighted by molar-refractivity contribution is 5.95. The van der Waals surface area contributed by atoms with Gasteiger partial charge in [0.2, 0.25) is 5.88 Å². The number of nitrogens with zero attached hydrogens (tertiary/aromatic N) is 2. The van der Waals surface area contributed by atoms with E-state index in [4.69, 9.17) is 4.74 Å². The van der Waals surface area contributed by atoms with Crippen molar-refractivity contribution < 1.29 is 9.53 Å². The molecule has 0 aliphatic carbocycles. The molecule has 3 aromatic rings. The lowest BCUT2D eigenvalue weighted by atomic mass is 10.0. The van der Waals surface area contributed by atoms with Crippen molar-refractivity contribution in [2.24, 2.45) is 0 Å². The third kappa shape index (κ3) is 3.33. The summed E-state index contributed by atoms with van der Waals surface area (Å²) in [6.45, 7) is 1.52. The third-order valence-corrected chi connectivity index (χ3v) is 4.58. The number of amides is 1.